The smallest absolute Gasteiger partial charge is 0.255 e. The fraction of sp³-hybridized carbons (Fsp3) is 0.462. The van der Waals surface area contributed by atoms with Crippen LogP contribution >= 0.6 is 23.2 Å². The van der Waals surface area contributed by atoms with Gasteiger partial charge in [0.15, 0.2) is 0 Å². The number of carbonyl (C=O) groups is 1. The molecule has 19 heavy (non-hydrogen) atoms. The molecule has 1 unspecified atom stereocenters. The average Bonchev–Trinajstić information content (AvgIpc) is 2.42. The van der Waals surface area contributed by atoms with Crippen molar-refractivity contribution < 1.29 is 14.3 Å². The molecule has 6 heteroatoms. The maximum atomic E-state index is 13.5. The van der Waals surface area contributed by atoms with E-state index in [0.717, 1.165) is 25.3 Å². The topological polar surface area (TPSA) is 40.5 Å². The number of rotatable bonds is 2. The molecule has 0 spiro atoms. The summed E-state index contributed by atoms with van der Waals surface area (Å²) in [5.74, 6) is -1.04. The van der Waals surface area contributed by atoms with Gasteiger partial charge < -0.3 is 10.0 Å². The van der Waals surface area contributed by atoms with Gasteiger partial charge in [-0.1, -0.05) is 23.2 Å². The summed E-state index contributed by atoms with van der Waals surface area (Å²) in [7, 11) is 0. The first-order valence-corrected chi connectivity index (χ1v) is 6.86. The first kappa shape index (κ1) is 14.6. The molecule has 3 nitrogen and oxygen atoms in total. The van der Waals surface area contributed by atoms with Gasteiger partial charge in [0, 0.05) is 6.54 Å². The third kappa shape index (κ3) is 3.02. The Morgan fingerprint density at radius 1 is 1.37 bits per heavy atom. The Morgan fingerprint density at radius 3 is 2.79 bits per heavy atom. The summed E-state index contributed by atoms with van der Waals surface area (Å²) in [6.07, 6.45) is 2.59. The molecular weight excluding hydrogens is 292 g/mol. The molecule has 0 bridgehead atoms. The number of hydrogen-bond acceptors (Lipinski definition) is 2. The highest BCUT2D eigenvalue weighted by Gasteiger charge is 2.28. The second-order valence-electron chi connectivity index (χ2n) is 4.58. The zero-order valence-corrected chi connectivity index (χ0v) is 11.7. The quantitative estimate of drug-likeness (QED) is 0.853. The van der Waals surface area contributed by atoms with Crippen LogP contribution in [0.5, 0.6) is 0 Å². The van der Waals surface area contributed by atoms with E-state index in [1.54, 1.807) is 4.90 Å². The van der Waals surface area contributed by atoms with Crippen LogP contribution in [-0.4, -0.2) is 35.1 Å². The molecule has 1 N–H and O–H groups in total. The van der Waals surface area contributed by atoms with E-state index in [4.69, 9.17) is 23.2 Å². The second-order valence-corrected chi connectivity index (χ2v) is 5.39. The van der Waals surface area contributed by atoms with E-state index in [1.807, 2.05) is 0 Å². The minimum Gasteiger partial charge on any atom is -0.394 e. The first-order chi connectivity index (χ1) is 9.04. The van der Waals surface area contributed by atoms with Crippen molar-refractivity contribution in [1.82, 2.24) is 4.90 Å². The monoisotopic (exact) mass is 305 g/mol. The van der Waals surface area contributed by atoms with Crippen molar-refractivity contribution in [3.8, 4) is 0 Å². The normalized spacial score (nSPS) is 19.6. The van der Waals surface area contributed by atoms with Crippen LogP contribution in [0.15, 0.2) is 12.1 Å². The third-order valence-corrected chi connectivity index (χ3v) is 3.94. The molecule has 1 amide bonds. The molecule has 1 aromatic rings. The number of carbonyl (C=O) groups excluding carboxylic acids is 1. The standard InChI is InChI=1S/C13H14Cl2FNO2/c14-10-6-11(15)12(16)5-9(10)13(19)17-4-2-1-3-8(17)7-18/h5-6,8,18H,1-4,7H2. The molecule has 0 radical (unpaired) electrons. The molecule has 2 rings (SSSR count). The van der Waals surface area contributed by atoms with Crippen LogP contribution in [0.4, 0.5) is 4.39 Å². The number of benzene rings is 1. The molecule has 1 atom stereocenters. The van der Waals surface area contributed by atoms with E-state index in [1.165, 1.54) is 6.07 Å². The molecule has 1 saturated heterocycles. The Balaban J connectivity index is 2.30. The van der Waals surface area contributed by atoms with Crippen LogP contribution in [0.3, 0.4) is 0 Å². The van der Waals surface area contributed by atoms with Crippen LogP contribution in [0.1, 0.15) is 29.6 Å². The SMILES string of the molecule is O=C(c1cc(F)c(Cl)cc1Cl)N1CCCCC1CO. The second kappa shape index (κ2) is 6.07. The van der Waals surface area contributed by atoms with E-state index < -0.39 is 5.82 Å². The van der Waals surface area contributed by atoms with E-state index in [-0.39, 0.29) is 34.2 Å². The van der Waals surface area contributed by atoms with Gasteiger partial charge in [-0.05, 0) is 31.4 Å². The average molecular weight is 306 g/mol. The van der Waals surface area contributed by atoms with Crippen LogP contribution < -0.4 is 0 Å². The van der Waals surface area contributed by atoms with E-state index in [2.05, 4.69) is 0 Å². The summed E-state index contributed by atoms with van der Waals surface area (Å²) in [6, 6.07) is 2.05. The van der Waals surface area contributed by atoms with Gasteiger partial charge in [-0.3, -0.25) is 4.79 Å². The van der Waals surface area contributed by atoms with Crippen molar-refractivity contribution in [3.05, 3.63) is 33.6 Å². The maximum Gasteiger partial charge on any atom is 0.255 e. The number of aliphatic hydroxyl groups is 1. The molecule has 1 aliphatic heterocycles. The van der Waals surface area contributed by atoms with Gasteiger partial charge in [0.1, 0.15) is 5.82 Å². The largest absolute Gasteiger partial charge is 0.394 e. The molecule has 1 aromatic carbocycles. The zero-order valence-electron chi connectivity index (χ0n) is 10.2. The van der Waals surface area contributed by atoms with Crippen LogP contribution in [-0.2, 0) is 0 Å². The molecule has 1 fully saturated rings. The van der Waals surface area contributed by atoms with E-state index >= 15 is 0 Å². The number of aliphatic hydroxyl groups excluding tert-OH is 1. The first-order valence-electron chi connectivity index (χ1n) is 6.11. The summed E-state index contributed by atoms with van der Waals surface area (Å²) >= 11 is 11.6. The van der Waals surface area contributed by atoms with Gasteiger partial charge in [-0.15, -0.1) is 0 Å². The lowest BCUT2D eigenvalue weighted by Gasteiger charge is -2.34. The number of amides is 1. The molecule has 0 aromatic heterocycles. The minimum absolute atomic E-state index is 0.0870. The molecule has 1 heterocycles. The van der Waals surface area contributed by atoms with Crippen LogP contribution in [0.25, 0.3) is 0 Å². The lowest BCUT2D eigenvalue weighted by atomic mass is 10.0. The van der Waals surface area contributed by atoms with Gasteiger partial charge in [-0.2, -0.15) is 0 Å². The van der Waals surface area contributed by atoms with E-state index in [0.29, 0.717) is 6.54 Å². The Morgan fingerprint density at radius 2 is 2.11 bits per heavy atom. The van der Waals surface area contributed by atoms with E-state index in [9.17, 15) is 14.3 Å². The van der Waals surface area contributed by atoms with Crippen LogP contribution in [0, 0.1) is 5.82 Å². The highest BCUT2D eigenvalue weighted by molar-refractivity contribution is 6.36. The Hall–Kier alpha value is -0.840. The molecule has 104 valence electrons. The number of nitrogens with zero attached hydrogens (tertiary/aromatic N) is 1. The Kier molecular flexibility index (Phi) is 4.66. The zero-order chi connectivity index (χ0) is 14.0. The predicted octanol–water partition coefficient (Wildman–Crippen LogP) is 3.12. The van der Waals surface area contributed by atoms with Gasteiger partial charge in [0.2, 0.25) is 0 Å². The van der Waals surface area contributed by atoms with Crippen LogP contribution in [0.2, 0.25) is 10.0 Å². The van der Waals surface area contributed by atoms with Crippen molar-refractivity contribution in [3.63, 3.8) is 0 Å². The molecular formula is C13H14Cl2FNO2. The molecule has 0 saturated carbocycles. The summed E-state index contributed by atoms with van der Waals surface area (Å²) in [5, 5.41) is 9.31. The van der Waals surface area contributed by atoms with Gasteiger partial charge in [-0.25, -0.2) is 4.39 Å². The maximum absolute atomic E-state index is 13.5. The number of hydrogen-bond donors (Lipinski definition) is 1. The van der Waals surface area contributed by atoms with Crippen molar-refractivity contribution in [2.24, 2.45) is 0 Å². The summed E-state index contributed by atoms with van der Waals surface area (Å²) < 4.78 is 13.5. The molecule has 1 aliphatic rings. The third-order valence-electron chi connectivity index (χ3n) is 3.34. The van der Waals surface area contributed by atoms with Gasteiger partial charge >= 0.3 is 0 Å². The van der Waals surface area contributed by atoms with Gasteiger partial charge in [0.25, 0.3) is 5.91 Å². The summed E-state index contributed by atoms with van der Waals surface area (Å²) in [4.78, 5) is 13.9. The summed E-state index contributed by atoms with van der Waals surface area (Å²) in [5.41, 5.74) is 0.0870. The van der Waals surface area contributed by atoms with Crippen molar-refractivity contribution in [1.29, 1.82) is 0 Å². The van der Waals surface area contributed by atoms with Crippen molar-refractivity contribution in [2.75, 3.05) is 13.2 Å². The van der Waals surface area contributed by atoms with Gasteiger partial charge in [0.05, 0.1) is 28.3 Å². The number of likely N-dealkylation sites (tertiary alicyclic amines) is 1. The lowest BCUT2D eigenvalue weighted by Crippen LogP contribution is -2.45. The number of piperidine rings is 1. The lowest BCUT2D eigenvalue weighted by molar-refractivity contribution is 0.0503. The predicted molar refractivity (Wildman–Crippen MR) is 72.2 cm³/mol. The fourth-order valence-corrected chi connectivity index (χ4v) is 2.76. The van der Waals surface area contributed by atoms with Crippen molar-refractivity contribution in [2.45, 2.75) is 25.3 Å². The minimum atomic E-state index is -0.674. The highest BCUT2D eigenvalue weighted by Crippen LogP contribution is 2.27. The number of halogens is 3. The Bertz CT molecular complexity index is 496. The Labute approximate surface area is 120 Å². The fourth-order valence-electron chi connectivity index (χ4n) is 2.30. The summed E-state index contributed by atoms with van der Waals surface area (Å²) in [6.45, 7) is 0.448. The molecule has 0 aliphatic carbocycles. The highest BCUT2D eigenvalue weighted by atomic mass is 35.5. The van der Waals surface area contributed by atoms with Crippen molar-refractivity contribution >= 4 is 29.1 Å².